The van der Waals surface area contributed by atoms with E-state index in [1.165, 1.54) is 0 Å². The van der Waals surface area contributed by atoms with E-state index in [1.54, 1.807) is 24.3 Å². The minimum Gasteiger partial charge on any atom is -0.481 e. The third-order valence-corrected chi connectivity index (χ3v) is 6.29. The SMILES string of the molecule is CC[C@@H](CC(=O)O)c1ccc(N(CC)C2CCOCC2)c(NC(=O)Nc2ccc(Cl)cc2)c1. The molecule has 33 heavy (non-hydrogen) atoms. The summed E-state index contributed by atoms with van der Waals surface area (Å²) in [6.07, 6.45) is 2.58. The molecule has 1 saturated heterocycles. The number of aliphatic carboxylic acids is 1. The number of carbonyl (C=O) groups is 2. The number of benzene rings is 2. The molecule has 1 atom stereocenters. The van der Waals surface area contributed by atoms with Crippen LogP contribution in [-0.4, -0.2) is 42.9 Å². The van der Waals surface area contributed by atoms with Gasteiger partial charge in [0, 0.05) is 36.5 Å². The van der Waals surface area contributed by atoms with Crippen molar-refractivity contribution < 1.29 is 19.4 Å². The number of ether oxygens (including phenoxy) is 1. The van der Waals surface area contributed by atoms with E-state index in [0.717, 1.165) is 43.9 Å². The summed E-state index contributed by atoms with van der Waals surface area (Å²) in [5.41, 5.74) is 3.11. The van der Waals surface area contributed by atoms with Gasteiger partial charge in [-0.1, -0.05) is 24.6 Å². The fourth-order valence-electron chi connectivity index (χ4n) is 4.31. The van der Waals surface area contributed by atoms with Crippen LogP contribution in [0.3, 0.4) is 0 Å². The molecule has 7 nitrogen and oxygen atoms in total. The first kappa shape index (κ1) is 24.9. The van der Waals surface area contributed by atoms with Crippen molar-refractivity contribution in [2.24, 2.45) is 0 Å². The lowest BCUT2D eigenvalue weighted by Gasteiger charge is -2.36. The summed E-state index contributed by atoms with van der Waals surface area (Å²) < 4.78 is 5.53. The fourth-order valence-corrected chi connectivity index (χ4v) is 4.43. The zero-order valence-corrected chi connectivity index (χ0v) is 19.9. The molecular weight excluding hydrogens is 442 g/mol. The maximum Gasteiger partial charge on any atom is 0.323 e. The largest absolute Gasteiger partial charge is 0.481 e. The summed E-state index contributed by atoms with van der Waals surface area (Å²) in [5, 5.41) is 15.7. The Hall–Kier alpha value is -2.77. The molecule has 0 spiro atoms. The van der Waals surface area contributed by atoms with E-state index in [-0.39, 0.29) is 18.4 Å². The van der Waals surface area contributed by atoms with E-state index >= 15 is 0 Å². The zero-order valence-electron chi connectivity index (χ0n) is 19.1. The maximum absolute atomic E-state index is 12.8. The van der Waals surface area contributed by atoms with Crippen LogP contribution in [0.15, 0.2) is 42.5 Å². The van der Waals surface area contributed by atoms with Gasteiger partial charge in [0.1, 0.15) is 0 Å². The van der Waals surface area contributed by atoms with Crippen LogP contribution in [0.1, 0.15) is 51.0 Å². The zero-order chi connectivity index (χ0) is 23.8. The van der Waals surface area contributed by atoms with E-state index in [2.05, 4.69) is 22.5 Å². The van der Waals surface area contributed by atoms with Crippen molar-refractivity contribution >= 4 is 40.7 Å². The first-order valence-electron chi connectivity index (χ1n) is 11.4. The molecule has 8 heteroatoms. The van der Waals surface area contributed by atoms with Crippen molar-refractivity contribution in [3.8, 4) is 0 Å². The summed E-state index contributed by atoms with van der Waals surface area (Å²) in [4.78, 5) is 26.5. The molecule has 3 rings (SSSR count). The van der Waals surface area contributed by atoms with Crippen LogP contribution in [0, 0.1) is 0 Å². The highest BCUT2D eigenvalue weighted by molar-refractivity contribution is 6.30. The quantitative estimate of drug-likeness (QED) is 0.418. The van der Waals surface area contributed by atoms with E-state index in [9.17, 15) is 14.7 Å². The number of amides is 2. The molecule has 2 aromatic rings. The second kappa shape index (κ2) is 11.9. The number of rotatable bonds is 9. The number of carboxylic acid groups (broad SMARTS) is 1. The monoisotopic (exact) mass is 473 g/mol. The number of hydrogen-bond donors (Lipinski definition) is 3. The molecule has 0 aromatic heterocycles. The van der Waals surface area contributed by atoms with E-state index < -0.39 is 5.97 Å². The number of urea groups is 1. The van der Waals surface area contributed by atoms with Crippen LogP contribution >= 0.6 is 11.6 Å². The maximum atomic E-state index is 12.8. The summed E-state index contributed by atoms with van der Waals surface area (Å²) in [6, 6.07) is 12.7. The molecule has 0 bridgehead atoms. The van der Waals surface area contributed by atoms with Gasteiger partial charge in [-0.3, -0.25) is 4.79 Å². The Kier molecular flexibility index (Phi) is 8.97. The van der Waals surface area contributed by atoms with E-state index in [4.69, 9.17) is 16.3 Å². The smallest absolute Gasteiger partial charge is 0.323 e. The van der Waals surface area contributed by atoms with Crippen molar-refractivity contribution in [2.45, 2.75) is 51.5 Å². The van der Waals surface area contributed by atoms with Crippen LogP contribution in [0.4, 0.5) is 21.9 Å². The molecule has 2 amide bonds. The average molecular weight is 474 g/mol. The molecule has 2 aromatic carbocycles. The van der Waals surface area contributed by atoms with Crippen LogP contribution in [0.25, 0.3) is 0 Å². The predicted octanol–water partition coefficient (Wildman–Crippen LogP) is 5.96. The average Bonchev–Trinajstić information content (AvgIpc) is 2.81. The predicted molar refractivity (Wildman–Crippen MR) is 133 cm³/mol. The molecule has 3 N–H and O–H groups in total. The van der Waals surface area contributed by atoms with Crippen molar-refractivity contribution in [1.29, 1.82) is 0 Å². The Morgan fingerprint density at radius 3 is 2.42 bits per heavy atom. The number of carboxylic acids is 1. The number of hydrogen-bond acceptors (Lipinski definition) is 4. The molecule has 0 unspecified atom stereocenters. The summed E-state index contributed by atoms with van der Waals surface area (Å²) in [6.45, 7) is 6.29. The normalized spacial score (nSPS) is 15.0. The molecule has 0 radical (unpaired) electrons. The highest BCUT2D eigenvalue weighted by Gasteiger charge is 2.24. The lowest BCUT2D eigenvalue weighted by atomic mass is 9.92. The molecule has 0 aliphatic carbocycles. The van der Waals surface area contributed by atoms with Crippen molar-refractivity contribution in [1.82, 2.24) is 0 Å². The standard InChI is InChI=1S/C25H32ClN3O4/c1-3-17(16-24(30)31)18-5-10-23(29(4-2)21-11-13-33-14-12-21)22(15-18)28-25(32)27-20-8-6-19(26)7-9-20/h5-10,15,17,21H,3-4,11-14,16H2,1-2H3,(H,30,31)(H2,27,28,32)/t17-/m0/s1. The van der Waals surface area contributed by atoms with Gasteiger partial charge in [0.05, 0.1) is 17.8 Å². The minimum absolute atomic E-state index is 0.0454. The van der Waals surface area contributed by atoms with Crippen LogP contribution in [0.5, 0.6) is 0 Å². The first-order valence-corrected chi connectivity index (χ1v) is 11.8. The fraction of sp³-hybridized carbons (Fsp3) is 0.440. The summed E-state index contributed by atoms with van der Waals surface area (Å²) in [7, 11) is 0. The van der Waals surface area contributed by atoms with Gasteiger partial charge in [-0.05, 0) is 74.1 Å². The highest BCUT2D eigenvalue weighted by Crippen LogP contribution is 2.35. The molecule has 1 fully saturated rings. The Labute approximate surface area is 200 Å². The molecule has 1 aliphatic rings. The second-order valence-electron chi connectivity index (χ2n) is 8.20. The molecule has 0 saturated carbocycles. The van der Waals surface area contributed by atoms with Gasteiger partial charge >= 0.3 is 12.0 Å². The summed E-state index contributed by atoms with van der Waals surface area (Å²) in [5.74, 6) is -0.965. The third kappa shape index (κ3) is 6.85. The lowest BCUT2D eigenvalue weighted by Crippen LogP contribution is -2.40. The number of anilines is 3. The van der Waals surface area contributed by atoms with Gasteiger partial charge in [-0.15, -0.1) is 0 Å². The van der Waals surface area contributed by atoms with Gasteiger partial charge < -0.3 is 25.4 Å². The topological polar surface area (TPSA) is 90.9 Å². The number of halogens is 1. The Bertz CT molecular complexity index is 945. The van der Waals surface area contributed by atoms with Crippen LogP contribution in [0.2, 0.25) is 5.02 Å². The Balaban J connectivity index is 1.91. The highest BCUT2D eigenvalue weighted by atomic mass is 35.5. The van der Waals surface area contributed by atoms with Gasteiger partial charge in [0.15, 0.2) is 0 Å². The Morgan fingerprint density at radius 2 is 1.82 bits per heavy atom. The van der Waals surface area contributed by atoms with E-state index in [1.807, 2.05) is 25.1 Å². The lowest BCUT2D eigenvalue weighted by molar-refractivity contribution is -0.137. The number of carbonyl (C=O) groups excluding carboxylic acids is 1. The third-order valence-electron chi connectivity index (χ3n) is 6.04. The van der Waals surface area contributed by atoms with Crippen molar-refractivity contribution in [2.75, 3.05) is 35.3 Å². The first-order chi connectivity index (χ1) is 15.9. The Morgan fingerprint density at radius 1 is 1.12 bits per heavy atom. The van der Waals surface area contributed by atoms with Crippen LogP contribution in [-0.2, 0) is 9.53 Å². The number of nitrogens with zero attached hydrogens (tertiary/aromatic N) is 1. The van der Waals surface area contributed by atoms with Crippen molar-refractivity contribution in [3.05, 3.63) is 53.1 Å². The van der Waals surface area contributed by atoms with E-state index in [0.29, 0.717) is 28.9 Å². The number of nitrogens with one attached hydrogen (secondary N) is 2. The van der Waals surface area contributed by atoms with Gasteiger partial charge in [0.25, 0.3) is 0 Å². The molecule has 178 valence electrons. The second-order valence-corrected chi connectivity index (χ2v) is 8.63. The van der Waals surface area contributed by atoms with Gasteiger partial charge in [0.2, 0.25) is 0 Å². The van der Waals surface area contributed by atoms with Gasteiger partial charge in [-0.2, -0.15) is 0 Å². The molecule has 1 aliphatic heterocycles. The van der Waals surface area contributed by atoms with Crippen LogP contribution < -0.4 is 15.5 Å². The molecule has 1 heterocycles. The van der Waals surface area contributed by atoms with Crippen molar-refractivity contribution in [3.63, 3.8) is 0 Å². The summed E-state index contributed by atoms with van der Waals surface area (Å²) >= 11 is 5.94. The van der Waals surface area contributed by atoms with Gasteiger partial charge in [-0.25, -0.2) is 4.79 Å². The molecular formula is C25H32ClN3O4. The minimum atomic E-state index is -0.835.